The quantitative estimate of drug-likeness (QED) is 0.0521. The maximum atomic E-state index is 12.5. The zero-order valence-electron chi connectivity index (χ0n) is 26.5. The molecule has 0 spiro atoms. The van der Waals surface area contributed by atoms with E-state index in [1.54, 1.807) is 6.08 Å². The van der Waals surface area contributed by atoms with Crippen molar-refractivity contribution in [2.75, 3.05) is 41.0 Å². The van der Waals surface area contributed by atoms with Gasteiger partial charge >= 0.3 is 17.9 Å². The second-order valence-electron chi connectivity index (χ2n) is 11.4. The number of ether oxygens (including phenoxy) is 3. The number of likely N-dealkylation sites (N-methyl/N-ethyl adjacent to an activating group) is 1. The first kappa shape index (κ1) is 38.5. The normalized spacial score (nSPS) is 13.7. The number of carbonyl (C=O) groups is 3. The molecule has 0 amide bonds. The highest BCUT2D eigenvalue weighted by atomic mass is 16.6. The van der Waals surface area contributed by atoms with Crippen molar-refractivity contribution in [3.05, 3.63) is 36.5 Å². The summed E-state index contributed by atoms with van der Waals surface area (Å²) < 4.78 is 16.9. The molecule has 8 heteroatoms. The molecule has 0 saturated heterocycles. The molecule has 0 aliphatic carbocycles. The third kappa shape index (κ3) is 23.9. The van der Waals surface area contributed by atoms with E-state index in [0.717, 1.165) is 38.5 Å². The molecule has 0 aliphatic heterocycles. The van der Waals surface area contributed by atoms with E-state index in [1.807, 2.05) is 27.2 Å². The van der Waals surface area contributed by atoms with Crippen molar-refractivity contribution in [2.24, 2.45) is 0 Å². The minimum atomic E-state index is -0.889. The van der Waals surface area contributed by atoms with Crippen LogP contribution >= 0.6 is 0 Å². The van der Waals surface area contributed by atoms with Crippen LogP contribution in [0.2, 0.25) is 0 Å². The van der Waals surface area contributed by atoms with Crippen LogP contribution in [0, 0.1) is 0 Å². The number of allylic oxidation sites excluding steroid dienone is 5. The molecule has 2 atom stereocenters. The van der Waals surface area contributed by atoms with Crippen molar-refractivity contribution >= 4 is 17.9 Å². The second-order valence-corrected chi connectivity index (χ2v) is 11.4. The van der Waals surface area contributed by atoms with E-state index in [9.17, 15) is 19.5 Å². The number of carbonyl (C=O) groups excluding carboxylic acids is 2. The maximum absolute atomic E-state index is 12.5. The van der Waals surface area contributed by atoms with Crippen LogP contribution in [0.1, 0.15) is 104 Å². The second kappa shape index (κ2) is 25.3. The van der Waals surface area contributed by atoms with Crippen molar-refractivity contribution in [1.82, 2.24) is 0 Å². The number of carboxylic acids is 1. The number of esters is 2. The molecular formula is C33H58NO7+. The SMILES string of the molecule is CC/C=C/C/C=C/C/C=C/CC(=O)OCC(COCCC(C(=O)O)[N+](C)(C)C)OC(=O)CCCCCCCCCC. The van der Waals surface area contributed by atoms with Gasteiger partial charge in [0.05, 0.1) is 40.8 Å². The average molecular weight is 581 g/mol. The summed E-state index contributed by atoms with van der Waals surface area (Å²) in [4.78, 5) is 36.3. The molecule has 236 valence electrons. The predicted molar refractivity (Wildman–Crippen MR) is 165 cm³/mol. The number of hydrogen-bond acceptors (Lipinski definition) is 6. The first-order chi connectivity index (χ1) is 19.6. The number of rotatable bonds is 26. The van der Waals surface area contributed by atoms with Crippen LogP contribution in [0.15, 0.2) is 36.5 Å². The van der Waals surface area contributed by atoms with E-state index in [0.29, 0.717) is 12.8 Å². The monoisotopic (exact) mass is 580 g/mol. The highest BCUT2D eigenvalue weighted by Gasteiger charge is 2.31. The van der Waals surface area contributed by atoms with Gasteiger partial charge in [-0.1, -0.05) is 95.2 Å². The van der Waals surface area contributed by atoms with E-state index < -0.39 is 24.1 Å². The molecule has 0 fully saturated rings. The number of aliphatic carboxylic acids is 1. The van der Waals surface area contributed by atoms with Crippen molar-refractivity contribution in [3.8, 4) is 0 Å². The summed E-state index contributed by atoms with van der Waals surface area (Å²) in [5.41, 5.74) is 0. The molecule has 0 radical (unpaired) electrons. The molecule has 0 bridgehead atoms. The highest BCUT2D eigenvalue weighted by Crippen LogP contribution is 2.12. The van der Waals surface area contributed by atoms with Crippen LogP contribution in [-0.2, 0) is 28.6 Å². The Balaban J connectivity index is 4.65. The Morgan fingerprint density at radius 1 is 0.756 bits per heavy atom. The van der Waals surface area contributed by atoms with Crippen LogP contribution < -0.4 is 0 Å². The van der Waals surface area contributed by atoms with Crippen LogP contribution in [0.25, 0.3) is 0 Å². The van der Waals surface area contributed by atoms with Gasteiger partial charge in [-0.3, -0.25) is 9.59 Å². The summed E-state index contributed by atoms with van der Waals surface area (Å²) in [5.74, 6) is -1.63. The predicted octanol–water partition coefficient (Wildman–Crippen LogP) is 6.79. The zero-order valence-corrected chi connectivity index (χ0v) is 26.5. The van der Waals surface area contributed by atoms with Gasteiger partial charge < -0.3 is 23.8 Å². The first-order valence-corrected chi connectivity index (χ1v) is 15.5. The summed E-state index contributed by atoms with van der Waals surface area (Å²) >= 11 is 0. The Bertz CT molecular complexity index is 783. The number of carboxylic acid groups (broad SMARTS) is 1. The van der Waals surface area contributed by atoms with Crippen LogP contribution in [0.4, 0.5) is 0 Å². The number of quaternary nitrogens is 1. The van der Waals surface area contributed by atoms with Crippen molar-refractivity contribution in [2.45, 2.75) is 116 Å². The first-order valence-electron chi connectivity index (χ1n) is 15.5. The van der Waals surface area contributed by atoms with Gasteiger partial charge in [-0.25, -0.2) is 4.79 Å². The Morgan fingerprint density at radius 2 is 1.34 bits per heavy atom. The molecule has 0 aromatic carbocycles. The van der Waals surface area contributed by atoms with Crippen molar-refractivity contribution in [1.29, 1.82) is 0 Å². The topological polar surface area (TPSA) is 99.1 Å². The van der Waals surface area contributed by atoms with Crippen LogP contribution in [0.5, 0.6) is 0 Å². The van der Waals surface area contributed by atoms with Gasteiger partial charge in [-0.2, -0.15) is 0 Å². The lowest BCUT2D eigenvalue weighted by Crippen LogP contribution is -2.50. The van der Waals surface area contributed by atoms with Gasteiger partial charge in [-0.05, 0) is 25.7 Å². The highest BCUT2D eigenvalue weighted by molar-refractivity contribution is 5.72. The number of hydrogen-bond donors (Lipinski definition) is 1. The summed E-state index contributed by atoms with van der Waals surface area (Å²) in [7, 11) is 5.47. The molecular weight excluding hydrogens is 522 g/mol. The maximum Gasteiger partial charge on any atom is 0.362 e. The fourth-order valence-corrected chi connectivity index (χ4v) is 4.15. The van der Waals surface area contributed by atoms with E-state index in [1.165, 1.54) is 32.1 Å². The van der Waals surface area contributed by atoms with Gasteiger partial charge in [0, 0.05) is 12.8 Å². The molecule has 0 saturated carbocycles. The molecule has 0 heterocycles. The van der Waals surface area contributed by atoms with Gasteiger partial charge in [0.1, 0.15) is 6.61 Å². The van der Waals surface area contributed by atoms with Crippen LogP contribution in [-0.4, -0.2) is 80.6 Å². The molecule has 1 N–H and O–H groups in total. The van der Waals surface area contributed by atoms with Crippen LogP contribution in [0.3, 0.4) is 0 Å². The minimum Gasteiger partial charge on any atom is -0.477 e. The molecule has 2 unspecified atom stereocenters. The third-order valence-corrected chi connectivity index (χ3v) is 6.59. The van der Waals surface area contributed by atoms with Gasteiger partial charge in [-0.15, -0.1) is 0 Å². The Hall–Kier alpha value is -2.45. The summed E-state index contributed by atoms with van der Waals surface area (Å²) in [6, 6.07) is -0.620. The van der Waals surface area contributed by atoms with Gasteiger partial charge in [0.2, 0.25) is 0 Å². The van der Waals surface area contributed by atoms with Crippen molar-refractivity contribution < 1.29 is 38.2 Å². The number of nitrogens with zero attached hydrogens (tertiary/aromatic N) is 1. The summed E-state index contributed by atoms with van der Waals surface area (Å²) in [6.07, 6.45) is 23.8. The largest absolute Gasteiger partial charge is 0.477 e. The molecule has 41 heavy (non-hydrogen) atoms. The summed E-state index contributed by atoms with van der Waals surface area (Å²) in [5, 5.41) is 9.51. The molecule has 0 aromatic heterocycles. The van der Waals surface area contributed by atoms with Crippen molar-refractivity contribution in [3.63, 3.8) is 0 Å². The zero-order chi connectivity index (χ0) is 30.8. The molecule has 0 aliphatic rings. The Labute approximate surface area is 249 Å². The lowest BCUT2D eigenvalue weighted by atomic mass is 10.1. The Kier molecular flexibility index (Phi) is 23.8. The minimum absolute atomic E-state index is 0.0348. The van der Waals surface area contributed by atoms with E-state index in [-0.39, 0.29) is 36.7 Å². The average Bonchev–Trinajstić information content (AvgIpc) is 2.91. The lowest BCUT2D eigenvalue weighted by molar-refractivity contribution is -0.887. The molecule has 8 nitrogen and oxygen atoms in total. The van der Waals surface area contributed by atoms with E-state index >= 15 is 0 Å². The van der Waals surface area contributed by atoms with Gasteiger partial charge in [0.25, 0.3) is 0 Å². The fraction of sp³-hybridized carbons (Fsp3) is 0.727. The van der Waals surface area contributed by atoms with E-state index in [4.69, 9.17) is 14.2 Å². The summed E-state index contributed by atoms with van der Waals surface area (Å²) in [6.45, 7) is 4.43. The Morgan fingerprint density at radius 3 is 1.93 bits per heavy atom. The van der Waals surface area contributed by atoms with Gasteiger partial charge in [0.15, 0.2) is 12.1 Å². The lowest BCUT2D eigenvalue weighted by Gasteiger charge is -2.31. The van der Waals surface area contributed by atoms with E-state index in [2.05, 4.69) is 38.2 Å². The number of unbranched alkanes of at least 4 members (excludes halogenated alkanes) is 7. The standard InChI is InChI=1S/C33H57NO7/c1-6-8-10-12-14-16-18-19-21-23-31(35)40-28-29(27-39-26-25-30(33(37)38)34(3,4)5)41-32(36)24-22-20-17-15-13-11-9-7-2/h8,10,14,16,19,21,29-30H,6-7,9,11-13,15,17-18,20,22-28H2,1-5H3/p+1/b10-8+,16-14+,21-19+. The molecule has 0 aromatic rings. The molecule has 0 rings (SSSR count). The fourth-order valence-electron chi connectivity index (χ4n) is 4.15. The smallest absolute Gasteiger partial charge is 0.362 e. The third-order valence-electron chi connectivity index (χ3n) is 6.59.